The van der Waals surface area contributed by atoms with Crippen molar-refractivity contribution in [2.75, 3.05) is 19.6 Å². The van der Waals surface area contributed by atoms with Gasteiger partial charge in [-0.05, 0) is 50.2 Å². The van der Waals surface area contributed by atoms with Crippen molar-refractivity contribution in [3.05, 3.63) is 29.8 Å². The molecule has 0 unspecified atom stereocenters. The third-order valence-corrected chi connectivity index (χ3v) is 3.33. The molecule has 17 heavy (non-hydrogen) atoms. The molecule has 0 spiro atoms. The van der Waals surface area contributed by atoms with Crippen LogP contribution in [0.4, 0.5) is 0 Å². The molecule has 1 aromatic rings. The lowest BCUT2D eigenvalue weighted by atomic mass is 10.1. The summed E-state index contributed by atoms with van der Waals surface area (Å²) in [5.41, 5.74) is 6.45. The van der Waals surface area contributed by atoms with Crippen molar-refractivity contribution in [1.82, 2.24) is 5.32 Å². The van der Waals surface area contributed by atoms with E-state index in [9.17, 15) is 8.42 Å². The zero-order valence-electron chi connectivity index (χ0n) is 9.72. The zero-order chi connectivity index (χ0) is 12.7. The van der Waals surface area contributed by atoms with E-state index in [1.807, 2.05) is 0 Å². The number of hydrogen-bond acceptors (Lipinski definition) is 4. The first-order chi connectivity index (χ1) is 8.04. The van der Waals surface area contributed by atoms with Gasteiger partial charge in [-0.3, -0.25) is 0 Å². The van der Waals surface area contributed by atoms with Crippen molar-refractivity contribution < 1.29 is 8.42 Å². The van der Waals surface area contributed by atoms with Crippen LogP contribution in [0.5, 0.6) is 0 Å². The topological polar surface area (TPSA) is 98.2 Å². The summed E-state index contributed by atoms with van der Waals surface area (Å²) < 4.78 is 22.1. The predicted molar refractivity (Wildman–Crippen MR) is 68.1 cm³/mol. The van der Waals surface area contributed by atoms with Crippen LogP contribution in [0.25, 0.3) is 0 Å². The van der Waals surface area contributed by atoms with Crippen LogP contribution in [-0.2, 0) is 16.4 Å². The molecule has 96 valence electrons. The fourth-order valence-corrected chi connectivity index (χ4v) is 1.95. The van der Waals surface area contributed by atoms with Gasteiger partial charge in [0, 0.05) is 0 Å². The molecule has 5 N–H and O–H groups in total. The molecular weight excluding hydrogens is 238 g/mol. The van der Waals surface area contributed by atoms with E-state index >= 15 is 0 Å². The summed E-state index contributed by atoms with van der Waals surface area (Å²) in [6.07, 6.45) is 1.82. The Morgan fingerprint density at radius 1 is 1.12 bits per heavy atom. The van der Waals surface area contributed by atoms with Gasteiger partial charge in [0.05, 0.1) is 4.90 Å². The number of primary sulfonamides is 1. The largest absolute Gasteiger partial charge is 0.330 e. The molecule has 1 aromatic carbocycles. The van der Waals surface area contributed by atoms with Gasteiger partial charge < -0.3 is 11.1 Å². The Morgan fingerprint density at radius 2 is 1.76 bits per heavy atom. The van der Waals surface area contributed by atoms with Gasteiger partial charge in [-0.1, -0.05) is 12.1 Å². The monoisotopic (exact) mass is 257 g/mol. The maximum absolute atomic E-state index is 11.0. The highest BCUT2D eigenvalue weighted by Gasteiger charge is 2.06. The normalized spacial score (nSPS) is 11.6. The highest BCUT2D eigenvalue weighted by Crippen LogP contribution is 2.08. The number of rotatable bonds is 7. The summed E-state index contributed by atoms with van der Waals surface area (Å²) in [6.45, 7) is 2.45. The Bertz CT molecular complexity index is 429. The van der Waals surface area contributed by atoms with Crippen molar-refractivity contribution in [3.63, 3.8) is 0 Å². The summed E-state index contributed by atoms with van der Waals surface area (Å²) in [6, 6.07) is 6.63. The number of nitrogens with one attached hydrogen (secondary N) is 1. The highest BCUT2D eigenvalue weighted by molar-refractivity contribution is 7.89. The second kappa shape index (κ2) is 6.70. The van der Waals surface area contributed by atoms with E-state index in [0.717, 1.165) is 31.5 Å². The van der Waals surface area contributed by atoms with Gasteiger partial charge in [0.1, 0.15) is 0 Å². The molecule has 0 amide bonds. The van der Waals surface area contributed by atoms with Crippen LogP contribution in [0.1, 0.15) is 12.0 Å². The first-order valence-corrected chi connectivity index (χ1v) is 7.11. The van der Waals surface area contributed by atoms with Crippen LogP contribution in [-0.4, -0.2) is 28.1 Å². The van der Waals surface area contributed by atoms with Crippen LogP contribution in [0.3, 0.4) is 0 Å². The summed E-state index contributed by atoms with van der Waals surface area (Å²) in [4.78, 5) is 0.150. The fourth-order valence-electron chi connectivity index (χ4n) is 1.43. The third kappa shape index (κ3) is 5.27. The van der Waals surface area contributed by atoms with Crippen molar-refractivity contribution in [2.24, 2.45) is 10.9 Å². The Morgan fingerprint density at radius 3 is 2.29 bits per heavy atom. The van der Waals surface area contributed by atoms with E-state index in [0.29, 0.717) is 6.54 Å². The maximum Gasteiger partial charge on any atom is 0.238 e. The zero-order valence-corrected chi connectivity index (χ0v) is 10.5. The van der Waals surface area contributed by atoms with Crippen molar-refractivity contribution >= 4 is 10.0 Å². The van der Waals surface area contributed by atoms with Gasteiger partial charge in [0.2, 0.25) is 10.0 Å². The van der Waals surface area contributed by atoms with Gasteiger partial charge in [0.15, 0.2) is 0 Å². The van der Waals surface area contributed by atoms with Crippen molar-refractivity contribution in [1.29, 1.82) is 0 Å². The number of benzene rings is 1. The summed E-state index contributed by atoms with van der Waals surface area (Å²) in [5, 5.41) is 8.27. The van der Waals surface area contributed by atoms with Gasteiger partial charge in [-0.2, -0.15) is 0 Å². The number of sulfonamides is 1. The molecular formula is C11H19N3O2S. The second-order valence-corrected chi connectivity index (χ2v) is 5.39. The lowest BCUT2D eigenvalue weighted by molar-refractivity contribution is 0.597. The number of hydrogen-bond donors (Lipinski definition) is 3. The molecule has 0 atom stereocenters. The second-order valence-electron chi connectivity index (χ2n) is 3.83. The van der Waals surface area contributed by atoms with Gasteiger partial charge >= 0.3 is 0 Å². The van der Waals surface area contributed by atoms with E-state index in [1.165, 1.54) is 12.1 Å². The Kier molecular flexibility index (Phi) is 5.57. The molecule has 0 aliphatic carbocycles. The highest BCUT2D eigenvalue weighted by atomic mass is 32.2. The molecule has 5 nitrogen and oxygen atoms in total. The van der Waals surface area contributed by atoms with Crippen LogP contribution in [0.15, 0.2) is 29.2 Å². The van der Waals surface area contributed by atoms with E-state index < -0.39 is 10.0 Å². The lowest BCUT2D eigenvalue weighted by Crippen LogP contribution is -2.20. The molecule has 0 bridgehead atoms. The predicted octanol–water partition coefficient (Wildman–Crippen LogP) is -0.185. The maximum atomic E-state index is 11.0. The average Bonchev–Trinajstić information content (AvgIpc) is 2.28. The van der Waals surface area contributed by atoms with Crippen molar-refractivity contribution in [2.45, 2.75) is 17.7 Å². The Balaban J connectivity index is 2.41. The summed E-state index contributed by atoms with van der Waals surface area (Å²) in [7, 11) is -3.58. The minimum atomic E-state index is -3.58. The molecule has 6 heteroatoms. The Hall–Kier alpha value is -0.950. The van der Waals surface area contributed by atoms with E-state index in [-0.39, 0.29) is 4.90 Å². The van der Waals surface area contributed by atoms with E-state index in [2.05, 4.69) is 5.32 Å². The van der Waals surface area contributed by atoms with Crippen LogP contribution < -0.4 is 16.2 Å². The minimum Gasteiger partial charge on any atom is -0.330 e. The Labute approximate surface area is 102 Å². The molecule has 0 fully saturated rings. The first kappa shape index (κ1) is 14.1. The molecule has 0 aliphatic rings. The first-order valence-electron chi connectivity index (χ1n) is 5.56. The molecule has 0 saturated carbocycles. The molecule has 0 heterocycles. The molecule has 0 radical (unpaired) electrons. The standard InChI is InChI=1S/C11H19N3O2S/c12-7-1-8-14-9-6-10-2-4-11(5-3-10)17(13,15)16/h2-5,14H,1,6-9,12H2,(H2,13,15,16). The fraction of sp³-hybridized carbons (Fsp3) is 0.455. The van der Waals surface area contributed by atoms with Gasteiger partial charge in [-0.25, -0.2) is 13.6 Å². The smallest absolute Gasteiger partial charge is 0.238 e. The average molecular weight is 257 g/mol. The summed E-state index contributed by atoms with van der Waals surface area (Å²) >= 11 is 0. The van der Waals surface area contributed by atoms with Crippen LogP contribution in [0.2, 0.25) is 0 Å². The number of nitrogens with two attached hydrogens (primary N) is 2. The van der Waals surface area contributed by atoms with Crippen LogP contribution in [0, 0.1) is 0 Å². The van der Waals surface area contributed by atoms with Gasteiger partial charge in [-0.15, -0.1) is 0 Å². The van der Waals surface area contributed by atoms with Crippen molar-refractivity contribution in [3.8, 4) is 0 Å². The summed E-state index contributed by atoms with van der Waals surface area (Å²) in [5.74, 6) is 0. The SMILES string of the molecule is NCCCNCCc1ccc(S(N)(=O)=O)cc1. The molecule has 0 saturated heterocycles. The molecule has 0 aliphatic heterocycles. The van der Waals surface area contributed by atoms with Gasteiger partial charge in [0.25, 0.3) is 0 Å². The lowest BCUT2D eigenvalue weighted by Gasteiger charge is -2.04. The van der Waals surface area contributed by atoms with Crippen LogP contribution >= 0.6 is 0 Å². The quantitative estimate of drug-likeness (QED) is 0.590. The minimum absolute atomic E-state index is 0.150. The third-order valence-electron chi connectivity index (χ3n) is 2.40. The molecule has 1 rings (SSSR count). The molecule has 0 aromatic heterocycles. The van der Waals surface area contributed by atoms with E-state index in [1.54, 1.807) is 12.1 Å². The van der Waals surface area contributed by atoms with E-state index in [4.69, 9.17) is 10.9 Å².